The Morgan fingerprint density at radius 2 is 2.20 bits per heavy atom. The van der Waals surface area contributed by atoms with Gasteiger partial charge in [0.2, 0.25) is 0 Å². The average molecular weight is 139 g/mol. The molecule has 0 heterocycles. The van der Waals surface area contributed by atoms with Crippen molar-refractivity contribution in [1.29, 1.82) is 0 Å². The predicted octanol–water partition coefficient (Wildman–Crippen LogP) is 0.952. The maximum atomic E-state index is 8.74. The van der Waals surface area contributed by atoms with E-state index in [9.17, 15) is 0 Å². The largest absolute Gasteiger partial charge is 0.378 e. The first-order valence-corrected chi connectivity index (χ1v) is 3.08. The molecule has 0 fully saturated rings. The number of rotatable bonds is 4. The zero-order valence-corrected chi connectivity index (χ0v) is 5.96. The molecule has 3 N–H and O–H groups in total. The van der Waals surface area contributed by atoms with Gasteiger partial charge in [-0.2, -0.15) is 0 Å². The average Bonchev–Trinajstić information content (AvgIpc) is 1.86. The van der Waals surface area contributed by atoms with Crippen LogP contribution in [0, 0.1) is 0 Å². The van der Waals surface area contributed by atoms with E-state index in [-0.39, 0.29) is 0 Å². The Morgan fingerprint density at radius 3 is 2.50 bits per heavy atom. The fraction of sp³-hybridized carbons (Fsp3) is 0.250. The fourth-order valence-corrected chi connectivity index (χ4v) is 0.612. The second-order valence-corrected chi connectivity index (χ2v) is 1.95. The van der Waals surface area contributed by atoms with Crippen LogP contribution in [0.4, 0.5) is 0 Å². The SMILES string of the molecule is C=C/C=C(\C=C)CC(N)O. The van der Waals surface area contributed by atoms with Gasteiger partial charge in [0.25, 0.3) is 0 Å². The summed E-state index contributed by atoms with van der Waals surface area (Å²) >= 11 is 0. The van der Waals surface area contributed by atoms with Crippen molar-refractivity contribution < 1.29 is 5.11 Å². The lowest BCUT2D eigenvalue weighted by atomic mass is 10.1. The molecule has 2 heteroatoms. The van der Waals surface area contributed by atoms with Crippen LogP contribution in [0.3, 0.4) is 0 Å². The van der Waals surface area contributed by atoms with Gasteiger partial charge in [0, 0.05) is 6.42 Å². The number of hydrogen-bond donors (Lipinski definition) is 2. The lowest BCUT2D eigenvalue weighted by molar-refractivity contribution is 0.184. The van der Waals surface area contributed by atoms with Crippen LogP contribution in [0.15, 0.2) is 37.0 Å². The molecule has 56 valence electrons. The highest BCUT2D eigenvalue weighted by atomic mass is 16.3. The van der Waals surface area contributed by atoms with Gasteiger partial charge < -0.3 is 10.8 Å². The quantitative estimate of drug-likeness (QED) is 0.450. The van der Waals surface area contributed by atoms with Crippen LogP contribution in [-0.2, 0) is 0 Å². The molecule has 1 atom stereocenters. The van der Waals surface area contributed by atoms with Gasteiger partial charge in [-0.3, -0.25) is 0 Å². The van der Waals surface area contributed by atoms with E-state index in [1.54, 1.807) is 18.2 Å². The highest BCUT2D eigenvalue weighted by Crippen LogP contribution is 2.03. The number of nitrogens with two attached hydrogens (primary N) is 1. The van der Waals surface area contributed by atoms with E-state index in [0.717, 1.165) is 5.57 Å². The van der Waals surface area contributed by atoms with Gasteiger partial charge in [-0.05, 0) is 5.57 Å². The maximum Gasteiger partial charge on any atom is 0.106 e. The smallest absolute Gasteiger partial charge is 0.106 e. The summed E-state index contributed by atoms with van der Waals surface area (Å²) in [5, 5.41) is 8.74. The summed E-state index contributed by atoms with van der Waals surface area (Å²) in [6.07, 6.45) is 4.68. The minimum absolute atomic E-state index is 0.426. The molecule has 10 heavy (non-hydrogen) atoms. The summed E-state index contributed by atoms with van der Waals surface area (Å²) in [5.41, 5.74) is 6.03. The molecule has 2 nitrogen and oxygen atoms in total. The van der Waals surface area contributed by atoms with Gasteiger partial charge >= 0.3 is 0 Å². The molecular weight excluding hydrogens is 126 g/mol. The molecule has 0 aromatic heterocycles. The van der Waals surface area contributed by atoms with Crippen LogP contribution in [0.2, 0.25) is 0 Å². The Balaban J connectivity index is 3.95. The molecule has 0 bridgehead atoms. The molecule has 0 rings (SSSR count). The van der Waals surface area contributed by atoms with Gasteiger partial charge in [-0.25, -0.2) is 0 Å². The first-order chi connectivity index (χ1) is 4.70. The molecule has 0 aliphatic heterocycles. The molecule has 0 aromatic rings. The van der Waals surface area contributed by atoms with Gasteiger partial charge in [0.05, 0.1) is 0 Å². The van der Waals surface area contributed by atoms with E-state index in [1.807, 2.05) is 0 Å². The third kappa shape index (κ3) is 4.06. The van der Waals surface area contributed by atoms with Crippen molar-refractivity contribution in [1.82, 2.24) is 0 Å². The number of aliphatic hydroxyl groups is 1. The molecule has 0 radical (unpaired) electrons. The minimum Gasteiger partial charge on any atom is -0.378 e. The van der Waals surface area contributed by atoms with Crippen molar-refractivity contribution in [2.45, 2.75) is 12.6 Å². The van der Waals surface area contributed by atoms with Crippen LogP contribution >= 0.6 is 0 Å². The summed E-state index contributed by atoms with van der Waals surface area (Å²) in [6.45, 7) is 7.06. The predicted molar refractivity (Wildman–Crippen MR) is 43.3 cm³/mol. The lowest BCUT2D eigenvalue weighted by Gasteiger charge is -2.02. The standard InChI is InChI=1S/C8H13NO/c1-3-5-7(4-2)6-8(9)10/h3-5,8,10H,1-2,6,9H2/b7-5+. The molecule has 0 amide bonds. The van der Waals surface area contributed by atoms with Crippen molar-refractivity contribution in [2.24, 2.45) is 5.73 Å². The van der Waals surface area contributed by atoms with Crippen molar-refractivity contribution in [2.75, 3.05) is 0 Å². The van der Waals surface area contributed by atoms with Crippen molar-refractivity contribution in [3.63, 3.8) is 0 Å². The lowest BCUT2D eigenvalue weighted by Crippen LogP contribution is -2.18. The van der Waals surface area contributed by atoms with Gasteiger partial charge in [-0.1, -0.05) is 31.4 Å². The van der Waals surface area contributed by atoms with Crippen LogP contribution in [-0.4, -0.2) is 11.3 Å². The van der Waals surface area contributed by atoms with Gasteiger partial charge in [0.15, 0.2) is 0 Å². The third-order valence-electron chi connectivity index (χ3n) is 1.04. The maximum absolute atomic E-state index is 8.74. The molecule has 0 aliphatic carbocycles. The van der Waals surface area contributed by atoms with Crippen molar-refractivity contribution in [3.8, 4) is 0 Å². The number of allylic oxidation sites excluding steroid dienone is 3. The summed E-state index contributed by atoms with van der Waals surface area (Å²) in [7, 11) is 0. The molecule has 0 aromatic carbocycles. The minimum atomic E-state index is -0.802. The Labute approximate surface area is 61.4 Å². The van der Waals surface area contributed by atoms with Crippen LogP contribution in [0.5, 0.6) is 0 Å². The normalized spacial score (nSPS) is 14.4. The Kier molecular flexibility index (Phi) is 4.54. The zero-order valence-electron chi connectivity index (χ0n) is 5.96. The number of aliphatic hydroxyl groups excluding tert-OH is 1. The Bertz CT molecular complexity index is 147. The molecule has 0 aliphatic rings. The van der Waals surface area contributed by atoms with Crippen molar-refractivity contribution >= 4 is 0 Å². The van der Waals surface area contributed by atoms with E-state index in [1.165, 1.54) is 0 Å². The fourth-order valence-electron chi connectivity index (χ4n) is 0.612. The third-order valence-corrected chi connectivity index (χ3v) is 1.04. The number of hydrogen-bond acceptors (Lipinski definition) is 2. The van der Waals surface area contributed by atoms with E-state index < -0.39 is 6.23 Å². The topological polar surface area (TPSA) is 46.2 Å². The monoisotopic (exact) mass is 139 g/mol. The van der Waals surface area contributed by atoms with E-state index in [0.29, 0.717) is 6.42 Å². The van der Waals surface area contributed by atoms with Gasteiger partial charge in [-0.15, -0.1) is 0 Å². The molecule has 0 spiro atoms. The zero-order chi connectivity index (χ0) is 7.98. The molecule has 1 unspecified atom stereocenters. The Morgan fingerprint density at radius 1 is 1.60 bits per heavy atom. The van der Waals surface area contributed by atoms with Crippen LogP contribution < -0.4 is 5.73 Å². The highest BCUT2D eigenvalue weighted by Gasteiger charge is 1.96. The molecular formula is C8H13NO. The van der Waals surface area contributed by atoms with Crippen LogP contribution in [0.25, 0.3) is 0 Å². The molecule has 0 saturated heterocycles. The van der Waals surface area contributed by atoms with E-state index in [2.05, 4.69) is 13.2 Å². The summed E-state index contributed by atoms with van der Waals surface area (Å²) in [4.78, 5) is 0. The summed E-state index contributed by atoms with van der Waals surface area (Å²) < 4.78 is 0. The summed E-state index contributed by atoms with van der Waals surface area (Å²) in [5.74, 6) is 0. The Hall–Kier alpha value is -0.860. The van der Waals surface area contributed by atoms with Crippen LogP contribution in [0.1, 0.15) is 6.42 Å². The second-order valence-electron chi connectivity index (χ2n) is 1.95. The first-order valence-electron chi connectivity index (χ1n) is 3.08. The first kappa shape index (κ1) is 9.14. The van der Waals surface area contributed by atoms with E-state index >= 15 is 0 Å². The van der Waals surface area contributed by atoms with Crippen molar-refractivity contribution in [3.05, 3.63) is 37.0 Å². The molecule has 0 saturated carbocycles. The second kappa shape index (κ2) is 4.97. The van der Waals surface area contributed by atoms with E-state index in [4.69, 9.17) is 10.8 Å². The van der Waals surface area contributed by atoms with Gasteiger partial charge in [0.1, 0.15) is 6.23 Å². The summed E-state index contributed by atoms with van der Waals surface area (Å²) in [6, 6.07) is 0. The highest BCUT2D eigenvalue weighted by molar-refractivity contribution is 5.21.